The van der Waals surface area contributed by atoms with Gasteiger partial charge in [0.1, 0.15) is 0 Å². The van der Waals surface area contributed by atoms with Gasteiger partial charge in [0.25, 0.3) is 0 Å². The summed E-state index contributed by atoms with van der Waals surface area (Å²) in [5, 5.41) is 10.3. The maximum Gasteiger partial charge on any atom is 0.310 e. The number of hydrogen-bond acceptors (Lipinski definition) is 4. The number of aliphatic hydroxyl groups is 1. The first-order valence-corrected chi connectivity index (χ1v) is 7.16. The second-order valence-electron chi connectivity index (χ2n) is 5.91. The van der Waals surface area contributed by atoms with Crippen molar-refractivity contribution in [1.29, 1.82) is 0 Å². The Morgan fingerprint density at radius 3 is 2.65 bits per heavy atom. The van der Waals surface area contributed by atoms with Crippen molar-refractivity contribution in [2.75, 3.05) is 14.2 Å². The van der Waals surface area contributed by atoms with Crippen molar-refractivity contribution in [1.82, 2.24) is 4.90 Å². The molecule has 108 valence electrons. The molecule has 2 aliphatic heterocycles. The van der Waals surface area contributed by atoms with Gasteiger partial charge in [0.05, 0.1) is 19.1 Å². The highest BCUT2D eigenvalue weighted by Crippen LogP contribution is 2.46. The van der Waals surface area contributed by atoms with Gasteiger partial charge in [0.15, 0.2) is 0 Å². The van der Waals surface area contributed by atoms with Crippen LogP contribution >= 0.6 is 0 Å². The van der Waals surface area contributed by atoms with E-state index >= 15 is 0 Å². The molecular formula is C16H21NO3. The Bertz CT molecular complexity index is 490. The topological polar surface area (TPSA) is 49.8 Å². The summed E-state index contributed by atoms with van der Waals surface area (Å²) in [7, 11) is 3.43. The van der Waals surface area contributed by atoms with Crippen LogP contribution in [0.5, 0.6) is 0 Å². The number of carbonyl (C=O) groups is 1. The second kappa shape index (κ2) is 5.19. The van der Waals surface area contributed by atoms with Gasteiger partial charge in [-0.15, -0.1) is 0 Å². The first kappa shape index (κ1) is 13.6. The molecule has 4 heteroatoms. The molecule has 1 N–H and O–H groups in total. The number of nitrogens with zero attached hydrogens (tertiary/aromatic N) is 1. The summed E-state index contributed by atoms with van der Waals surface area (Å²) >= 11 is 0. The number of piperidine rings is 1. The van der Waals surface area contributed by atoms with Crippen LogP contribution in [-0.2, 0) is 9.53 Å². The van der Waals surface area contributed by atoms with E-state index in [1.165, 1.54) is 12.7 Å². The highest BCUT2D eigenvalue weighted by atomic mass is 16.5. The molecule has 1 aromatic rings. The third kappa shape index (κ3) is 2.03. The maximum absolute atomic E-state index is 12.3. The number of rotatable bonds is 2. The van der Waals surface area contributed by atoms with Crippen molar-refractivity contribution in [3.63, 3.8) is 0 Å². The number of aliphatic hydroxyl groups excluding tert-OH is 1. The van der Waals surface area contributed by atoms with Crippen molar-refractivity contribution in [3.8, 4) is 0 Å². The van der Waals surface area contributed by atoms with E-state index in [-0.39, 0.29) is 23.8 Å². The summed E-state index contributed by atoms with van der Waals surface area (Å²) in [5.41, 5.74) is 1.17. The fourth-order valence-corrected chi connectivity index (χ4v) is 4.02. The molecule has 5 atom stereocenters. The van der Waals surface area contributed by atoms with Crippen LogP contribution in [0.3, 0.4) is 0 Å². The molecule has 2 heterocycles. The average molecular weight is 275 g/mol. The third-order valence-corrected chi connectivity index (χ3v) is 4.98. The van der Waals surface area contributed by atoms with Crippen molar-refractivity contribution >= 4 is 5.97 Å². The lowest BCUT2D eigenvalue weighted by atomic mass is 9.76. The number of hydrogen-bond donors (Lipinski definition) is 1. The molecule has 2 bridgehead atoms. The Balaban J connectivity index is 1.99. The lowest BCUT2D eigenvalue weighted by Gasteiger charge is -2.42. The normalized spacial score (nSPS) is 36.9. The van der Waals surface area contributed by atoms with Crippen LogP contribution in [0.15, 0.2) is 30.3 Å². The Labute approximate surface area is 119 Å². The smallest absolute Gasteiger partial charge is 0.310 e. The van der Waals surface area contributed by atoms with Gasteiger partial charge in [0, 0.05) is 18.0 Å². The summed E-state index contributed by atoms with van der Waals surface area (Å²) in [6, 6.07) is 10.3. The Kier molecular flexibility index (Phi) is 3.52. The summed E-state index contributed by atoms with van der Waals surface area (Å²) < 4.78 is 5.01. The minimum Gasteiger partial charge on any atom is -0.469 e. The number of benzene rings is 1. The van der Waals surface area contributed by atoms with Crippen molar-refractivity contribution in [3.05, 3.63) is 35.9 Å². The van der Waals surface area contributed by atoms with Gasteiger partial charge >= 0.3 is 5.97 Å². The Morgan fingerprint density at radius 2 is 2.00 bits per heavy atom. The maximum atomic E-state index is 12.3. The number of likely N-dealkylation sites (N-methyl/N-ethyl adjacent to an activating group) is 1. The first-order valence-electron chi connectivity index (χ1n) is 7.16. The fourth-order valence-electron chi connectivity index (χ4n) is 4.02. The SMILES string of the molecule is COC(=O)C1C(c2ccccc2)CC2CC(O)C1N2C. The zero-order chi connectivity index (χ0) is 14.3. The number of fused-ring (bicyclic) bond motifs is 2. The quantitative estimate of drug-likeness (QED) is 0.829. The summed E-state index contributed by atoms with van der Waals surface area (Å²) in [6.45, 7) is 0. The molecule has 5 unspecified atom stereocenters. The summed E-state index contributed by atoms with van der Waals surface area (Å²) in [4.78, 5) is 14.4. The van der Waals surface area contributed by atoms with Gasteiger partial charge < -0.3 is 9.84 Å². The molecule has 3 rings (SSSR count). The molecule has 0 amide bonds. The lowest BCUT2D eigenvalue weighted by Crippen LogP contribution is -2.51. The minimum atomic E-state index is -0.442. The fraction of sp³-hybridized carbons (Fsp3) is 0.562. The Hall–Kier alpha value is -1.39. The monoisotopic (exact) mass is 275 g/mol. The molecule has 0 aliphatic carbocycles. The Morgan fingerprint density at radius 1 is 1.30 bits per heavy atom. The van der Waals surface area contributed by atoms with Crippen molar-refractivity contribution in [2.45, 2.75) is 36.9 Å². The number of carbonyl (C=O) groups excluding carboxylic acids is 1. The molecule has 2 aliphatic rings. The van der Waals surface area contributed by atoms with Crippen LogP contribution < -0.4 is 0 Å². The molecule has 0 saturated carbocycles. The molecular weight excluding hydrogens is 254 g/mol. The second-order valence-corrected chi connectivity index (χ2v) is 5.91. The predicted molar refractivity (Wildman–Crippen MR) is 75.3 cm³/mol. The average Bonchev–Trinajstić information content (AvgIpc) is 2.66. The van der Waals surface area contributed by atoms with E-state index in [1.807, 2.05) is 25.2 Å². The molecule has 0 aromatic heterocycles. The van der Waals surface area contributed by atoms with E-state index < -0.39 is 6.10 Å². The van der Waals surface area contributed by atoms with Gasteiger partial charge in [-0.2, -0.15) is 0 Å². The highest BCUT2D eigenvalue weighted by molar-refractivity contribution is 5.75. The summed E-state index contributed by atoms with van der Waals surface area (Å²) in [6.07, 6.45) is 1.20. The van der Waals surface area contributed by atoms with Gasteiger partial charge in [0.2, 0.25) is 0 Å². The van der Waals surface area contributed by atoms with Crippen LogP contribution in [0.25, 0.3) is 0 Å². The summed E-state index contributed by atoms with van der Waals surface area (Å²) in [5.74, 6) is -0.372. The molecule has 0 spiro atoms. The molecule has 0 radical (unpaired) electrons. The van der Waals surface area contributed by atoms with E-state index in [1.54, 1.807) is 0 Å². The highest BCUT2D eigenvalue weighted by Gasteiger charge is 2.53. The van der Waals surface area contributed by atoms with Gasteiger partial charge in [-0.3, -0.25) is 9.69 Å². The van der Waals surface area contributed by atoms with Crippen LogP contribution in [0.1, 0.15) is 24.3 Å². The number of methoxy groups -OCH3 is 1. The van der Waals surface area contributed by atoms with E-state index in [0.29, 0.717) is 6.04 Å². The zero-order valence-corrected chi connectivity index (χ0v) is 11.9. The number of esters is 1. The van der Waals surface area contributed by atoms with Gasteiger partial charge in [-0.05, 0) is 25.5 Å². The molecule has 2 saturated heterocycles. The lowest BCUT2D eigenvalue weighted by molar-refractivity contribution is -0.151. The molecule has 4 nitrogen and oxygen atoms in total. The van der Waals surface area contributed by atoms with E-state index in [2.05, 4.69) is 17.0 Å². The zero-order valence-electron chi connectivity index (χ0n) is 11.9. The van der Waals surface area contributed by atoms with E-state index in [4.69, 9.17) is 4.74 Å². The minimum absolute atomic E-state index is 0.131. The molecule has 2 fully saturated rings. The van der Waals surface area contributed by atoms with Crippen LogP contribution in [-0.4, -0.2) is 48.3 Å². The van der Waals surface area contributed by atoms with Crippen LogP contribution in [0.4, 0.5) is 0 Å². The van der Waals surface area contributed by atoms with Crippen LogP contribution in [0, 0.1) is 5.92 Å². The number of ether oxygens (including phenoxy) is 1. The van der Waals surface area contributed by atoms with Crippen molar-refractivity contribution < 1.29 is 14.6 Å². The predicted octanol–water partition coefficient (Wildman–Crippen LogP) is 1.40. The van der Waals surface area contributed by atoms with Gasteiger partial charge in [-0.1, -0.05) is 30.3 Å². The van der Waals surface area contributed by atoms with E-state index in [9.17, 15) is 9.90 Å². The van der Waals surface area contributed by atoms with E-state index in [0.717, 1.165) is 12.8 Å². The van der Waals surface area contributed by atoms with Gasteiger partial charge in [-0.25, -0.2) is 0 Å². The third-order valence-electron chi connectivity index (χ3n) is 4.98. The molecule has 20 heavy (non-hydrogen) atoms. The van der Waals surface area contributed by atoms with Crippen molar-refractivity contribution in [2.24, 2.45) is 5.92 Å². The first-order chi connectivity index (χ1) is 9.63. The largest absolute Gasteiger partial charge is 0.469 e. The molecule has 1 aromatic carbocycles. The van der Waals surface area contributed by atoms with Crippen LogP contribution in [0.2, 0.25) is 0 Å². The standard InChI is InChI=1S/C16H21NO3/c1-17-11-8-12(10-6-4-3-5-7-10)14(16(19)20-2)15(17)13(18)9-11/h3-7,11-15,18H,8-9H2,1-2H3.